The summed E-state index contributed by atoms with van der Waals surface area (Å²) in [5, 5.41) is 0. The Kier molecular flexibility index (Phi) is 2.70. The molecule has 0 spiro atoms. The highest BCUT2D eigenvalue weighted by molar-refractivity contribution is 5.82. The second-order valence-corrected chi connectivity index (χ2v) is 7.40. The molecular formula is C16H26N2O. The molecule has 0 saturated carbocycles. The van der Waals surface area contributed by atoms with Crippen molar-refractivity contribution in [3.8, 4) is 0 Å². The topological polar surface area (TPSA) is 23.6 Å². The first kappa shape index (κ1) is 12.2. The van der Waals surface area contributed by atoms with Crippen LogP contribution in [0.25, 0.3) is 0 Å². The quantitative estimate of drug-likeness (QED) is 0.668. The Labute approximate surface area is 116 Å². The van der Waals surface area contributed by atoms with Crippen LogP contribution in [0.5, 0.6) is 0 Å². The van der Waals surface area contributed by atoms with Crippen molar-refractivity contribution in [1.29, 1.82) is 0 Å². The van der Waals surface area contributed by atoms with Crippen molar-refractivity contribution < 1.29 is 4.79 Å². The first-order valence-electron chi connectivity index (χ1n) is 8.26. The molecule has 4 saturated heterocycles. The van der Waals surface area contributed by atoms with Gasteiger partial charge in [0.05, 0.1) is 5.92 Å². The highest BCUT2D eigenvalue weighted by atomic mass is 16.2. The molecule has 0 radical (unpaired) electrons. The van der Waals surface area contributed by atoms with Gasteiger partial charge in [0.2, 0.25) is 5.91 Å². The molecule has 0 N–H and O–H groups in total. The molecule has 0 aromatic rings. The van der Waals surface area contributed by atoms with Crippen LogP contribution in [0.4, 0.5) is 0 Å². The second kappa shape index (κ2) is 4.21. The first-order chi connectivity index (χ1) is 9.20. The molecule has 4 rings (SSSR count). The zero-order valence-corrected chi connectivity index (χ0v) is 12.1. The lowest BCUT2D eigenvalue weighted by Gasteiger charge is -2.61. The standard InChI is InChI=1S/C16H26N2O/c1-16-7-3-5-9-18(16)15(19)13-10-12(16)11-17-8-4-2-6-14(13)17/h12-14H,2-11H2,1H3/t12-,13+,14+,16+/m0/s1. The van der Waals surface area contributed by atoms with Crippen molar-refractivity contribution in [3.63, 3.8) is 0 Å². The Morgan fingerprint density at radius 3 is 2.89 bits per heavy atom. The van der Waals surface area contributed by atoms with E-state index in [1.165, 1.54) is 58.0 Å². The minimum absolute atomic E-state index is 0.175. The molecule has 0 aliphatic carbocycles. The summed E-state index contributed by atoms with van der Waals surface area (Å²) in [6.07, 6.45) is 8.85. The maximum absolute atomic E-state index is 12.9. The van der Waals surface area contributed by atoms with Crippen LogP contribution >= 0.6 is 0 Å². The van der Waals surface area contributed by atoms with Crippen molar-refractivity contribution in [2.24, 2.45) is 11.8 Å². The lowest BCUT2D eigenvalue weighted by Crippen LogP contribution is -2.70. The highest BCUT2D eigenvalue weighted by Crippen LogP contribution is 2.48. The average Bonchev–Trinajstić information content (AvgIpc) is 2.45. The molecule has 4 aliphatic rings. The van der Waals surface area contributed by atoms with Gasteiger partial charge in [-0.3, -0.25) is 9.69 Å². The Hall–Kier alpha value is -0.570. The van der Waals surface area contributed by atoms with E-state index in [4.69, 9.17) is 0 Å². The van der Waals surface area contributed by atoms with E-state index in [9.17, 15) is 4.79 Å². The maximum atomic E-state index is 12.9. The third-order valence-corrected chi connectivity index (χ3v) is 6.52. The molecule has 106 valence electrons. The normalized spacial score (nSPS) is 46.7. The van der Waals surface area contributed by atoms with Crippen LogP contribution in [0, 0.1) is 11.8 Å². The van der Waals surface area contributed by atoms with Crippen LogP contribution in [0.3, 0.4) is 0 Å². The van der Waals surface area contributed by atoms with Gasteiger partial charge in [-0.05, 0) is 57.9 Å². The van der Waals surface area contributed by atoms with Crippen molar-refractivity contribution >= 4 is 5.91 Å². The van der Waals surface area contributed by atoms with Gasteiger partial charge < -0.3 is 4.90 Å². The number of nitrogens with zero attached hydrogens (tertiary/aromatic N) is 2. The number of piperidine rings is 4. The summed E-state index contributed by atoms with van der Waals surface area (Å²) < 4.78 is 0. The third kappa shape index (κ3) is 1.63. The Morgan fingerprint density at radius 2 is 2.00 bits per heavy atom. The first-order valence-corrected chi connectivity index (χ1v) is 8.26. The van der Waals surface area contributed by atoms with Crippen LogP contribution in [-0.2, 0) is 4.79 Å². The van der Waals surface area contributed by atoms with Crippen molar-refractivity contribution in [2.45, 2.75) is 63.5 Å². The third-order valence-electron chi connectivity index (χ3n) is 6.52. The van der Waals surface area contributed by atoms with Gasteiger partial charge in [-0.1, -0.05) is 6.42 Å². The van der Waals surface area contributed by atoms with Crippen LogP contribution in [0.2, 0.25) is 0 Å². The van der Waals surface area contributed by atoms with E-state index in [-0.39, 0.29) is 5.54 Å². The molecule has 4 aliphatic heterocycles. The van der Waals surface area contributed by atoms with Crippen molar-refractivity contribution in [2.75, 3.05) is 19.6 Å². The average molecular weight is 262 g/mol. The molecule has 0 aromatic heterocycles. The smallest absolute Gasteiger partial charge is 0.227 e. The van der Waals surface area contributed by atoms with E-state index >= 15 is 0 Å². The number of carbonyl (C=O) groups is 1. The van der Waals surface area contributed by atoms with Crippen LogP contribution < -0.4 is 0 Å². The summed E-state index contributed by atoms with van der Waals surface area (Å²) in [5.74, 6) is 1.55. The molecule has 4 atom stereocenters. The molecule has 3 heteroatoms. The number of amides is 1. The SMILES string of the molecule is C[C@]12CCCCN1C(=O)[C@@H]1C[C@H]2CN2CCCC[C@H]12. The highest BCUT2D eigenvalue weighted by Gasteiger charge is 2.56. The Morgan fingerprint density at radius 1 is 1.16 bits per heavy atom. The van der Waals surface area contributed by atoms with Crippen molar-refractivity contribution in [1.82, 2.24) is 9.80 Å². The fraction of sp³-hybridized carbons (Fsp3) is 0.938. The molecule has 2 bridgehead atoms. The van der Waals surface area contributed by atoms with Gasteiger partial charge in [-0.2, -0.15) is 0 Å². The fourth-order valence-electron chi connectivity index (χ4n) is 5.37. The minimum Gasteiger partial charge on any atom is -0.337 e. The molecule has 1 amide bonds. The molecule has 0 unspecified atom stereocenters. The molecule has 19 heavy (non-hydrogen) atoms. The van der Waals surface area contributed by atoms with Gasteiger partial charge in [0, 0.05) is 24.7 Å². The molecule has 3 nitrogen and oxygen atoms in total. The van der Waals surface area contributed by atoms with Crippen molar-refractivity contribution in [3.05, 3.63) is 0 Å². The molecular weight excluding hydrogens is 236 g/mol. The zero-order valence-electron chi connectivity index (χ0n) is 12.1. The van der Waals surface area contributed by atoms with E-state index in [2.05, 4.69) is 16.7 Å². The fourth-order valence-corrected chi connectivity index (χ4v) is 5.37. The second-order valence-electron chi connectivity index (χ2n) is 7.40. The predicted molar refractivity (Wildman–Crippen MR) is 74.8 cm³/mol. The number of rotatable bonds is 0. The predicted octanol–water partition coefficient (Wildman–Crippen LogP) is 2.26. The van der Waals surface area contributed by atoms with Gasteiger partial charge >= 0.3 is 0 Å². The van der Waals surface area contributed by atoms with E-state index in [1.807, 2.05) is 0 Å². The summed E-state index contributed by atoms with van der Waals surface area (Å²) in [6.45, 7) is 5.88. The molecule has 0 aromatic carbocycles. The van der Waals surface area contributed by atoms with E-state index in [1.54, 1.807) is 0 Å². The number of hydrogen-bond acceptors (Lipinski definition) is 2. The van der Waals surface area contributed by atoms with Gasteiger partial charge in [-0.15, -0.1) is 0 Å². The zero-order chi connectivity index (χ0) is 13.0. The molecule has 4 fully saturated rings. The van der Waals surface area contributed by atoms with Crippen LogP contribution in [0.1, 0.15) is 51.9 Å². The number of fused-ring (bicyclic) bond motifs is 6. The summed E-state index contributed by atoms with van der Waals surface area (Å²) in [5.41, 5.74) is 0.175. The Bertz CT molecular complexity index is 396. The van der Waals surface area contributed by atoms with E-state index < -0.39 is 0 Å². The minimum atomic E-state index is 0.175. The van der Waals surface area contributed by atoms with Gasteiger partial charge in [0.15, 0.2) is 0 Å². The maximum Gasteiger partial charge on any atom is 0.227 e. The van der Waals surface area contributed by atoms with Crippen LogP contribution in [0.15, 0.2) is 0 Å². The number of carbonyl (C=O) groups excluding carboxylic acids is 1. The number of hydrogen-bond donors (Lipinski definition) is 0. The molecule has 4 heterocycles. The summed E-state index contributed by atoms with van der Waals surface area (Å²) >= 11 is 0. The van der Waals surface area contributed by atoms with E-state index in [0.717, 1.165) is 12.5 Å². The van der Waals surface area contributed by atoms with Gasteiger partial charge in [0.1, 0.15) is 0 Å². The summed E-state index contributed by atoms with van der Waals surface area (Å²) in [7, 11) is 0. The lowest BCUT2D eigenvalue weighted by atomic mass is 9.64. The van der Waals surface area contributed by atoms with Gasteiger partial charge in [-0.25, -0.2) is 0 Å². The monoisotopic (exact) mass is 262 g/mol. The van der Waals surface area contributed by atoms with E-state index in [0.29, 0.717) is 17.9 Å². The largest absolute Gasteiger partial charge is 0.337 e. The lowest BCUT2D eigenvalue weighted by molar-refractivity contribution is -0.170. The summed E-state index contributed by atoms with van der Waals surface area (Å²) in [4.78, 5) is 17.9. The van der Waals surface area contributed by atoms with Crippen LogP contribution in [-0.4, -0.2) is 46.9 Å². The van der Waals surface area contributed by atoms with Gasteiger partial charge in [0.25, 0.3) is 0 Å². The Balaban J connectivity index is 1.69. The summed E-state index contributed by atoms with van der Waals surface area (Å²) in [6, 6.07) is 0.573.